The third-order valence-electron chi connectivity index (χ3n) is 5.14. The molecule has 0 bridgehead atoms. The first-order valence-electron chi connectivity index (χ1n) is 9.80. The summed E-state index contributed by atoms with van der Waals surface area (Å²) in [5.41, 5.74) is 2.71. The van der Waals surface area contributed by atoms with Crippen molar-refractivity contribution >= 4 is 51.8 Å². The number of amides is 2. The number of carbonyl (C=O) groups excluding carboxylic acids is 2. The van der Waals surface area contributed by atoms with Crippen molar-refractivity contribution in [2.75, 3.05) is 28.6 Å². The molecule has 1 atom stereocenters. The fraction of sp³-hybridized carbons (Fsp3) is 0.217. The van der Waals surface area contributed by atoms with E-state index >= 15 is 0 Å². The number of anilines is 3. The molecule has 1 fully saturated rings. The zero-order valence-corrected chi connectivity index (χ0v) is 18.1. The number of thiophene rings is 1. The van der Waals surface area contributed by atoms with Gasteiger partial charge in [0.1, 0.15) is 0 Å². The summed E-state index contributed by atoms with van der Waals surface area (Å²) in [5.74, 6) is 0.195. The van der Waals surface area contributed by atoms with E-state index < -0.39 is 0 Å². The van der Waals surface area contributed by atoms with Gasteiger partial charge in [0.25, 0.3) is 11.8 Å². The maximum Gasteiger partial charge on any atom is 0.265 e. The highest BCUT2D eigenvalue weighted by molar-refractivity contribution is 7.12. The molecule has 7 heteroatoms. The number of nitrogens with zero attached hydrogens (tertiary/aromatic N) is 1. The lowest BCUT2D eigenvalue weighted by atomic mass is 10.1. The van der Waals surface area contributed by atoms with Crippen molar-refractivity contribution < 1.29 is 9.59 Å². The zero-order valence-electron chi connectivity index (χ0n) is 16.5. The van der Waals surface area contributed by atoms with Crippen LogP contribution in [0.1, 0.15) is 33.4 Å². The largest absolute Gasteiger partial charge is 0.371 e. The molecule has 1 unspecified atom stereocenters. The van der Waals surface area contributed by atoms with Crippen LogP contribution in [0, 0.1) is 5.92 Å². The lowest BCUT2D eigenvalue weighted by Gasteiger charge is -2.18. The van der Waals surface area contributed by atoms with Crippen LogP contribution in [0.2, 0.25) is 5.02 Å². The van der Waals surface area contributed by atoms with E-state index in [0.717, 1.165) is 18.8 Å². The molecule has 2 aromatic carbocycles. The van der Waals surface area contributed by atoms with Crippen molar-refractivity contribution in [2.24, 2.45) is 5.92 Å². The summed E-state index contributed by atoms with van der Waals surface area (Å²) in [7, 11) is 0. The molecule has 2 amide bonds. The summed E-state index contributed by atoms with van der Waals surface area (Å²) in [6.07, 6.45) is 1.21. The molecule has 1 aliphatic rings. The predicted octanol–water partition coefficient (Wildman–Crippen LogP) is 5.75. The number of hydrogen-bond acceptors (Lipinski definition) is 4. The third kappa shape index (κ3) is 4.66. The molecular formula is C23H22ClN3O2S. The van der Waals surface area contributed by atoms with E-state index in [1.165, 1.54) is 23.4 Å². The average Bonchev–Trinajstić information content (AvgIpc) is 3.42. The Morgan fingerprint density at radius 2 is 1.87 bits per heavy atom. The Morgan fingerprint density at radius 3 is 2.53 bits per heavy atom. The first-order valence-corrected chi connectivity index (χ1v) is 11.1. The summed E-state index contributed by atoms with van der Waals surface area (Å²) in [4.78, 5) is 27.9. The van der Waals surface area contributed by atoms with Crippen LogP contribution < -0.4 is 15.5 Å². The number of nitrogens with one attached hydrogen (secondary N) is 2. The van der Waals surface area contributed by atoms with Crippen LogP contribution in [-0.2, 0) is 0 Å². The van der Waals surface area contributed by atoms with Crippen LogP contribution in [0.15, 0.2) is 60.0 Å². The molecule has 4 rings (SSSR count). The Labute approximate surface area is 184 Å². The van der Waals surface area contributed by atoms with Crippen molar-refractivity contribution in [3.63, 3.8) is 0 Å². The van der Waals surface area contributed by atoms with E-state index in [2.05, 4.69) is 22.5 Å². The first kappa shape index (κ1) is 20.4. The first-order chi connectivity index (χ1) is 14.5. The lowest BCUT2D eigenvalue weighted by Crippen LogP contribution is -2.19. The van der Waals surface area contributed by atoms with Crippen LogP contribution in [0.5, 0.6) is 0 Å². The van der Waals surface area contributed by atoms with Crippen LogP contribution in [0.3, 0.4) is 0 Å². The third-order valence-corrected chi connectivity index (χ3v) is 6.33. The van der Waals surface area contributed by atoms with Gasteiger partial charge < -0.3 is 15.5 Å². The smallest absolute Gasteiger partial charge is 0.265 e. The van der Waals surface area contributed by atoms with Gasteiger partial charge in [0, 0.05) is 30.0 Å². The Hall–Kier alpha value is -2.83. The molecule has 0 radical (unpaired) electrons. The minimum absolute atomic E-state index is 0.253. The van der Waals surface area contributed by atoms with Crippen LogP contribution in [0.25, 0.3) is 0 Å². The molecule has 30 heavy (non-hydrogen) atoms. The van der Waals surface area contributed by atoms with Crippen LogP contribution in [-0.4, -0.2) is 24.9 Å². The number of carbonyl (C=O) groups is 2. The van der Waals surface area contributed by atoms with E-state index in [1.54, 1.807) is 30.3 Å². The Balaban J connectivity index is 1.43. The average molecular weight is 440 g/mol. The van der Waals surface area contributed by atoms with Gasteiger partial charge in [-0.05, 0) is 66.2 Å². The highest BCUT2D eigenvalue weighted by Crippen LogP contribution is 2.27. The molecule has 5 nitrogen and oxygen atoms in total. The topological polar surface area (TPSA) is 61.4 Å². The van der Waals surface area contributed by atoms with Crippen LogP contribution in [0.4, 0.5) is 17.1 Å². The molecule has 154 valence electrons. The van der Waals surface area contributed by atoms with Crippen molar-refractivity contribution in [2.45, 2.75) is 13.3 Å². The summed E-state index contributed by atoms with van der Waals surface area (Å²) in [6, 6.07) is 16.2. The van der Waals surface area contributed by atoms with Gasteiger partial charge in [-0.15, -0.1) is 11.3 Å². The van der Waals surface area contributed by atoms with Gasteiger partial charge in [-0.2, -0.15) is 0 Å². The van der Waals surface area contributed by atoms with Gasteiger partial charge in [0.15, 0.2) is 0 Å². The standard InChI is InChI=1S/C23H22ClN3O2S/c1-15-10-11-27(14-15)18-7-5-17(6-8-18)25-22(28)16-4-9-19(24)20(13-16)26-23(29)21-3-2-12-30-21/h2-9,12-13,15H,10-11,14H2,1H3,(H,25,28)(H,26,29). The summed E-state index contributed by atoms with van der Waals surface area (Å²) in [6.45, 7) is 4.39. The second kappa shape index (κ2) is 8.90. The van der Waals surface area contributed by atoms with Gasteiger partial charge in [-0.3, -0.25) is 9.59 Å². The molecule has 1 aromatic heterocycles. The number of benzene rings is 2. The monoisotopic (exact) mass is 439 g/mol. The molecule has 0 aliphatic carbocycles. The molecular weight excluding hydrogens is 418 g/mol. The summed E-state index contributed by atoms with van der Waals surface area (Å²) < 4.78 is 0. The van der Waals surface area contributed by atoms with Gasteiger partial charge in [-0.1, -0.05) is 24.6 Å². The second-order valence-corrected chi connectivity index (χ2v) is 8.82. The number of halogens is 1. The minimum atomic E-state index is -0.263. The highest BCUT2D eigenvalue weighted by Gasteiger charge is 2.19. The Bertz CT molecular complexity index is 1050. The van der Waals surface area contributed by atoms with Gasteiger partial charge in [0.2, 0.25) is 0 Å². The SMILES string of the molecule is CC1CCN(c2ccc(NC(=O)c3ccc(Cl)c(NC(=O)c4cccs4)c3)cc2)C1. The maximum absolute atomic E-state index is 12.7. The summed E-state index contributed by atoms with van der Waals surface area (Å²) >= 11 is 7.55. The second-order valence-electron chi connectivity index (χ2n) is 7.47. The van der Waals surface area contributed by atoms with Crippen molar-refractivity contribution in [1.82, 2.24) is 0 Å². The fourth-order valence-corrected chi connectivity index (χ4v) is 4.27. The van der Waals surface area contributed by atoms with E-state index in [4.69, 9.17) is 11.6 Å². The maximum atomic E-state index is 12.7. The quantitative estimate of drug-likeness (QED) is 0.531. The Kier molecular flexibility index (Phi) is 6.06. The predicted molar refractivity (Wildman–Crippen MR) is 124 cm³/mol. The van der Waals surface area contributed by atoms with E-state index in [1.807, 2.05) is 29.6 Å². The highest BCUT2D eigenvalue weighted by atomic mass is 35.5. The Morgan fingerprint density at radius 1 is 1.07 bits per heavy atom. The molecule has 1 saturated heterocycles. The van der Waals surface area contributed by atoms with E-state index in [0.29, 0.717) is 27.1 Å². The van der Waals surface area contributed by atoms with Crippen molar-refractivity contribution in [3.8, 4) is 0 Å². The lowest BCUT2D eigenvalue weighted by molar-refractivity contribution is 0.101. The zero-order chi connectivity index (χ0) is 21.1. The van der Waals surface area contributed by atoms with E-state index in [9.17, 15) is 9.59 Å². The number of hydrogen-bond donors (Lipinski definition) is 2. The molecule has 1 aliphatic heterocycles. The molecule has 2 heterocycles. The van der Waals surface area contributed by atoms with Crippen molar-refractivity contribution in [1.29, 1.82) is 0 Å². The van der Waals surface area contributed by atoms with E-state index in [-0.39, 0.29) is 11.8 Å². The molecule has 2 N–H and O–H groups in total. The molecule has 3 aromatic rings. The minimum Gasteiger partial charge on any atom is -0.371 e. The molecule has 0 saturated carbocycles. The van der Waals surface area contributed by atoms with Crippen LogP contribution >= 0.6 is 22.9 Å². The van der Waals surface area contributed by atoms with Gasteiger partial charge in [-0.25, -0.2) is 0 Å². The fourth-order valence-electron chi connectivity index (χ4n) is 3.48. The number of rotatable bonds is 5. The summed E-state index contributed by atoms with van der Waals surface area (Å²) in [5, 5.41) is 7.87. The van der Waals surface area contributed by atoms with Gasteiger partial charge in [0.05, 0.1) is 15.6 Å². The van der Waals surface area contributed by atoms with Gasteiger partial charge >= 0.3 is 0 Å². The molecule has 0 spiro atoms. The normalized spacial score (nSPS) is 15.8. The van der Waals surface area contributed by atoms with Crippen molar-refractivity contribution in [3.05, 3.63) is 75.4 Å².